The summed E-state index contributed by atoms with van der Waals surface area (Å²) in [5.74, 6) is 0. The first-order valence-corrected chi connectivity index (χ1v) is 3.76. The number of nitrogens with one attached hydrogen (secondary N) is 1. The Hall–Kier alpha value is -1.16. The molecule has 0 saturated carbocycles. The van der Waals surface area contributed by atoms with Gasteiger partial charge in [0.05, 0.1) is 0 Å². The largest absolute Gasteiger partial charge is 0.364 e. The number of rotatable bonds is 2. The van der Waals surface area contributed by atoms with Gasteiger partial charge in [-0.1, -0.05) is 12.5 Å². The minimum atomic E-state index is -0.732. The molecule has 4 heteroatoms. The van der Waals surface area contributed by atoms with Crippen molar-refractivity contribution in [3.05, 3.63) is 11.6 Å². The van der Waals surface area contributed by atoms with Crippen molar-refractivity contribution < 1.29 is 10.0 Å². The first-order chi connectivity index (χ1) is 5.60. The lowest BCUT2D eigenvalue weighted by atomic mass is 10.2. The zero-order valence-electron chi connectivity index (χ0n) is 7.59. The molecule has 2 amide bonds. The molecule has 0 heterocycles. The standard InChI is InChI=1S/C8H14N2O2/c1-4-7(5-6(2)3)9-8(11)10-12/h5,12H,4H2,1-3H3,(H,10,11)/b9-7-. The van der Waals surface area contributed by atoms with E-state index in [4.69, 9.17) is 5.21 Å². The number of hydroxylamine groups is 1. The third-order valence-corrected chi connectivity index (χ3v) is 1.16. The summed E-state index contributed by atoms with van der Waals surface area (Å²) < 4.78 is 0. The van der Waals surface area contributed by atoms with Gasteiger partial charge in [0.15, 0.2) is 0 Å². The molecule has 0 spiro atoms. The Morgan fingerprint density at radius 3 is 2.50 bits per heavy atom. The highest BCUT2D eigenvalue weighted by molar-refractivity contribution is 6.01. The molecule has 0 atom stereocenters. The summed E-state index contributed by atoms with van der Waals surface area (Å²) in [7, 11) is 0. The van der Waals surface area contributed by atoms with Gasteiger partial charge in [0.1, 0.15) is 0 Å². The van der Waals surface area contributed by atoms with Gasteiger partial charge in [-0.15, -0.1) is 0 Å². The Balaban J connectivity index is 4.44. The predicted molar refractivity (Wildman–Crippen MR) is 47.5 cm³/mol. The van der Waals surface area contributed by atoms with E-state index in [1.54, 1.807) is 6.08 Å². The van der Waals surface area contributed by atoms with Crippen LogP contribution in [0.25, 0.3) is 0 Å². The van der Waals surface area contributed by atoms with Crippen LogP contribution in [0.15, 0.2) is 16.6 Å². The maximum absolute atomic E-state index is 10.6. The average molecular weight is 170 g/mol. The Labute approximate surface area is 72.0 Å². The molecule has 2 N–H and O–H groups in total. The van der Waals surface area contributed by atoms with Crippen LogP contribution in [-0.4, -0.2) is 17.0 Å². The maximum atomic E-state index is 10.6. The number of carbonyl (C=O) groups excluding carboxylic acids is 1. The highest BCUT2D eigenvalue weighted by atomic mass is 16.5. The molecular weight excluding hydrogens is 156 g/mol. The van der Waals surface area contributed by atoms with E-state index >= 15 is 0 Å². The van der Waals surface area contributed by atoms with Crippen molar-refractivity contribution in [2.75, 3.05) is 0 Å². The molecule has 12 heavy (non-hydrogen) atoms. The van der Waals surface area contributed by atoms with Crippen LogP contribution in [0.2, 0.25) is 0 Å². The van der Waals surface area contributed by atoms with Crippen LogP contribution in [0.5, 0.6) is 0 Å². The molecule has 0 aromatic rings. The van der Waals surface area contributed by atoms with Crippen LogP contribution in [-0.2, 0) is 0 Å². The quantitative estimate of drug-likeness (QED) is 0.377. The van der Waals surface area contributed by atoms with E-state index in [0.29, 0.717) is 12.1 Å². The highest BCUT2D eigenvalue weighted by Crippen LogP contribution is 1.95. The molecular formula is C8H14N2O2. The Morgan fingerprint density at radius 1 is 1.58 bits per heavy atom. The van der Waals surface area contributed by atoms with E-state index < -0.39 is 6.03 Å². The molecule has 0 aliphatic carbocycles. The molecule has 0 bridgehead atoms. The molecule has 0 aromatic carbocycles. The van der Waals surface area contributed by atoms with E-state index in [-0.39, 0.29) is 0 Å². The van der Waals surface area contributed by atoms with E-state index in [2.05, 4.69) is 4.99 Å². The van der Waals surface area contributed by atoms with Gasteiger partial charge >= 0.3 is 6.03 Å². The van der Waals surface area contributed by atoms with Gasteiger partial charge in [-0.2, -0.15) is 4.99 Å². The van der Waals surface area contributed by atoms with Crippen LogP contribution >= 0.6 is 0 Å². The van der Waals surface area contributed by atoms with E-state index in [1.807, 2.05) is 20.8 Å². The number of hydrogen-bond donors (Lipinski definition) is 2. The molecule has 0 rings (SSSR count). The van der Waals surface area contributed by atoms with Crippen molar-refractivity contribution in [1.82, 2.24) is 5.48 Å². The van der Waals surface area contributed by atoms with Crippen LogP contribution in [0.3, 0.4) is 0 Å². The third kappa shape index (κ3) is 4.62. The van der Waals surface area contributed by atoms with Crippen molar-refractivity contribution in [2.45, 2.75) is 27.2 Å². The molecule has 68 valence electrons. The van der Waals surface area contributed by atoms with Gasteiger partial charge in [0.2, 0.25) is 0 Å². The minimum absolute atomic E-state index is 0.654. The van der Waals surface area contributed by atoms with Gasteiger partial charge < -0.3 is 0 Å². The molecule has 0 aliphatic heterocycles. The van der Waals surface area contributed by atoms with Crippen LogP contribution in [0.1, 0.15) is 27.2 Å². The summed E-state index contributed by atoms with van der Waals surface area (Å²) >= 11 is 0. The molecule has 0 aromatic heterocycles. The first-order valence-electron chi connectivity index (χ1n) is 3.76. The number of amides is 2. The number of aliphatic imine (C=N–C) groups is 1. The van der Waals surface area contributed by atoms with Crippen molar-refractivity contribution in [1.29, 1.82) is 0 Å². The second-order valence-corrected chi connectivity index (χ2v) is 2.60. The van der Waals surface area contributed by atoms with E-state index in [0.717, 1.165) is 5.57 Å². The van der Waals surface area contributed by atoms with Crippen LogP contribution in [0, 0.1) is 0 Å². The molecule has 0 unspecified atom stereocenters. The minimum Gasteiger partial charge on any atom is -0.287 e. The summed E-state index contributed by atoms with van der Waals surface area (Å²) in [5.41, 5.74) is 3.17. The lowest BCUT2D eigenvalue weighted by molar-refractivity contribution is 0.169. The topological polar surface area (TPSA) is 61.7 Å². The molecule has 0 saturated heterocycles. The Bertz CT molecular complexity index is 215. The average Bonchev–Trinajstić information content (AvgIpc) is 2.02. The number of carbonyl (C=O) groups is 1. The van der Waals surface area contributed by atoms with Gasteiger partial charge in [-0.25, -0.2) is 10.3 Å². The summed E-state index contributed by atoms with van der Waals surface area (Å²) in [5, 5.41) is 8.19. The normalized spacial score (nSPS) is 10.8. The Kier molecular flexibility index (Phi) is 4.96. The number of allylic oxidation sites excluding steroid dienone is 2. The van der Waals surface area contributed by atoms with Crippen LogP contribution < -0.4 is 5.48 Å². The van der Waals surface area contributed by atoms with Crippen molar-refractivity contribution >= 4 is 11.7 Å². The molecule has 0 aliphatic rings. The highest BCUT2D eigenvalue weighted by Gasteiger charge is 1.96. The molecule has 4 nitrogen and oxygen atoms in total. The van der Waals surface area contributed by atoms with Gasteiger partial charge in [0, 0.05) is 5.71 Å². The summed E-state index contributed by atoms with van der Waals surface area (Å²) in [6, 6.07) is -0.732. The second-order valence-electron chi connectivity index (χ2n) is 2.60. The summed E-state index contributed by atoms with van der Waals surface area (Å²) in [6.45, 7) is 5.73. The SMILES string of the molecule is CC/C(C=C(C)C)=N/C(=O)NO. The van der Waals surface area contributed by atoms with E-state index in [1.165, 1.54) is 5.48 Å². The van der Waals surface area contributed by atoms with Crippen molar-refractivity contribution in [3.63, 3.8) is 0 Å². The maximum Gasteiger partial charge on any atom is 0.364 e. The number of urea groups is 1. The van der Waals surface area contributed by atoms with Gasteiger partial charge in [-0.3, -0.25) is 5.21 Å². The monoisotopic (exact) mass is 170 g/mol. The zero-order chi connectivity index (χ0) is 9.56. The third-order valence-electron chi connectivity index (χ3n) is 1.16. The lowest BCUT2D eigenvalue weighted by Crippen LogP contribution is -2.15. The second kappa shape index (κ2) is 5.49. The van der Waals surface area contributed by atoms with Gasteiger partial charge in [0.25, 0.3) is 0 Å². The Morgan fingerprint density at radius 2 is 2.17 bits per heavy atom. The smallest absolute Gasteiger partial charge is 0.287 e. The van der Waals surface area contributed by atoms with Gasteiger partial charge in [-0.05, 0) is 26.3 Å². The zero-order valence-corrected chi connectivity index (χ0v) is 7.59. The lowest BCUT2D eigenvalue weighted by Gasteiger charge is -1.96. The van der Waals surface area contributed by atoms with Crippen LogP contribution in [0.4, 0.5) is 4.79 Å². The molecule has 0 fully saturated rings. The fourth-order valence-corrected chi connectivity index (χ4v) is 0.702. The number of nitrogens with zero attached hydrogens (tertiary/aromatic N) is 1. The molecule has 0 radical (unpaired) electrons. The fraction of sp³-hybridized carbons (Fsp3) is 0.500. The fourth-order valence-electron chi connectivity index (χ4n) is 0.702. The van der Waals surface area contributed by atoms with E-state index in [9.17, 15) is 4.79 Å². The first kappa shape index (κ1) is 10.8. The van der Waals surface area contributed by atoms with Crippen molar-refractivity contribution in [2.24, 2.45) is 4.99 Å². The summed E-state index contributed by atoms with van der Waals surface area (Å²) in [6.07, 6.45) is 2.47. The predicted octanol–water partition coefficient (Wildman–Crippen LogP) is 1.90. The summed E-state index contributed by atoms with van der Waals surface area (Å²) in [4.78, 5) is 14.2. The van der Waals surface area contributed by atoms with Crippen molar-refractivity contribution in [3.8, 4) is 0 Å². The number of hydrogen-bond acceptors (Lipinski definition) is 2.